The van der Waals surface area contributed by atoms with Gasteiger partial charge < -0.3 is 20.3 Å². The summed E-state index contributed by atoms with van der Waals surface area (Å²) in [4.78, 5) is 32.2. The largest absolute Gasteiger partial charge is 0.381 e. The minimum atomic E-state index is -0.0391. The molecule has 4 rings (SSSR count). The number of ether oxygens (including phenoxy) is 1. The van der Waals surface area contributed by atoms with Crippen LogP contribution in [-0.4, -0.2) is 60.7 Å². The summed E-state index contributed by atoms with van der Waals surface area (Å²) in [6.07, 6.45) is 13.9. The lowest BCUT2D eigenvalue weighted by Crippen LogP contribution is -2.48. The van der Waals surface area contributed by atoms with Crippen molar-refractivity contribution in [1.82, 2.24) is 20.5 Å². The van der Waals surface area contributed by atoms with E-state index in [-0.39, 0.29) is 24.1 Å². The smallest absolute Gasteiger partial charge is 0.317 e. The van der Waals surface area contributed by atoms with E-state index >= 15 is 0 Å². The van der Waals surface area contributed by atoms with E-state index < -0.39 is 0 Å². The summed E-state index contributed by atoms with van der Waals surface area (Å²) < 4.78 is 5.68. The minimum absolute atomic E-state index is 0.0391. The summed E-state index contributed by atoms with van der Waals surface area (Å²) in [5, 5.41) is 9.33. The third-order valence-corrected chi connectivity index (χ3v) is 9.46. The first-order valence-electron chi connectivity index (χ1n) is 13.9. The Morgan fingerprint density at radius 2 is 1.89 bits per heavy atom. The lowest BCUT2D eigenvalue weighted by molar-refractivity contribution is 0.0217. The second kappa shape index (κ2) is 13.0. The lowest BCUT2D eigenvalue weighted by atomic mass is 9.70. The van der Waals surface area contributed by atoms with Crippen LogP contribution in [0.1, 0.15) is 105 Å². The van der Waals surface area contributed by atoms with E-state index in [1.165, 1.54) is 32.1 Å². The summed E-state index contributed by atoms with van der Waals surface area (Å²) in [7, 11) is 1.79. The number of hydrogen-bond donors (Lipinski definition) is 2. The molecule has 1 aromatic rings. The first kappa shape index (κ1) is 26.4. The molecule has 3 amide bonds. The van der Waals surface area contributed by atoms with Crippen LogP contribution >= 0.6 is 11.3 Å². The van der Waals surface area contributed by atoms with Gasteiger partial charge in [-0.25, -0.2) is 9.78 Å². The molecule has 1 saturated heterocycles. The van der Waals surface area contributed by atoms with Crippen molar-refractivity contribution in [3.63, 3.8) is 0 Å². The number of rotatable bonds is 8. The first-order valence-corrected chi connectivity index (χ1v) is 14.8. The molecule has 3 aliphatic rings. The molecule has 8 heteroatoms. The Bertz CT molecular complexity index is 817. The van der Waals surface area contributed by atoms with Gasteiger partial charge in [-0.3, -0.25) is 4.79 Å². The maximum absolute atomic E-state index is 13.2. The number of methoxy groups -OCH3 is 1. The van der Waals surface area contributed by atoms with E-state index in [9.17, 15) is 9.59 Å². The van der Waals surface area contributed by atoms with Gasteiger partial charge in [0, 0.05) is 44.1 Å². The van der Waals surface area contributed by atoms with Crippen LogP contribution in [0, 0.1) is 11.8 Å². The fourth-order valence-corrected chi connectivity index (χ4v) is 7.27. The van der Waals surface area contributed by atoms with Gasteiger partial charge in [-0.1, -0.05) is 45.4 Å². The molecule has 2 aliphatic carbocycles. The Balaban J connectivity index is 1.31. The molecule has 3 atom stereocenters. The summed E-state index contributed by atoms with van der Waals surface area (Å²) in [5.74, 6) is 1.56. The van der Waals surface area contributed by atoms with Crippen molar-refractivity contribution >= 4 is 23.3 Å². The van der Waals surface area contributed by atoms with Gasteiger partial charge in [0.25, 0.3) is 5.91 Å². The van der Waals surface area contributed by atoms with E-state index in [1.54, 1.807) is 18.4 Å². The molecule has 1 aromatic heterocycles. The van der Waals surface area contributed by atoms with Crippen LogP contribution in [0.4, 0.5) is 4.79 Å². The zero-order valence-corrected chi connectivity index (χ0v) is 22.4. The highest BCUT2D eigenvalue weighted by Crippen LogP contribution is 2.39. The average molecular weight is 505 g/mol. The predicted octanol–water partition coefficient (Wildman–Crippen LogP) is 5.33. The summed E-state index contributed by atoms with van der Waals surface area (Å²) in [5.41, 5.74) is 0.548. The summed E-state index contributed by atoms with van der Waals surface area (Å²) >= 11 is 1.59. The van der Waals surface area contributed by atoms with Crippen LogP contribution in [0.5, 0.6) is 0 Å². The number of urea groups is 1. The topological polar surface area (TPSA) is 83.6 Å². The van der Waals surface area contributed by atoms with Gasteiger partial charge in [0.15, 0.2) is 0 Å². The molecule has 2 heterocycles. The minimum Gasteiger partial charge on any atom is -0.381 e. The molecular formula is C27H44N4O3S. The molecule has 0 radical (unpaired) electrons. The highest BCUT2D eigenvalue weighted by molar-refractivity contribution is 7.09. The van der Waals surface area contributed by atoms with Crippen molar-refractivity contribution < 1.29 is 14.3 Å². The molecule has 7 nitrogen and oxygen atoms in total. The van der Waals surface area contributed by atoms with Crippen LogP contribution in [0.3, 0.4) is 0 Å². The Kier molecular flexibility index (Phi) is 9.83. The molecular weight excluding hydrogens is 460 g/mol. The maximum atomic E-state index is 13.2. The Labute approximate surface area is 214 Å². The molecule has 2 saturated carbocycles. The number of thiazole rings is 1. The number of piperidine rings is 1. The Morgan fingerprint density at radius 1 is 1.11 bits per heavy atom. The van der Waals surface area contributed by atoms with Gasteiger partial charge in [0.1, 0.15) is 5.69 Å². The highest BCUT2D eigenvalue weighted by Gasteiger charge is 2.37. The number of aromatic nitrogens is 1. The number of nitrogens with zero attached hydrogens (tertiary/aromatic N) is 2. The quantitative estimate of drug-likeness (QED) is 0.469. The van der Waals surface area contributed by atoms with E-state index in [0.29, 0.717) is 17.5 Å². The standard InChI is InChI=1S/C27H44N4O3S/c1-3-4-14-28-27(33)31-15-12-20(13-16-31)26-30-24(18-35-26)25(32)29-23-17-21(34-2)10-11-22(23)19-8-6-5-7-9-19/h18-23H,3-17H2,1-2H3,(H,28,33)(H,29,32). The predicted molar refractivity (Wildman–Crippen MR) is 140 cm³/mol. The van der Waals surface area contributed by atoms with Crippen molar-refractivity contribution in [2.24, 2.45) is 11.8 Å². The Hall–Kier alpha value is -1.67. The van der Waals surface area contributed by atoms with Gasteiger partial charge in [-0.15, -0.1) is 11.3 Å². The number of nitrogens with one attached hydrogen (secondary N) is 2. The SMILES string of the molecule is CCCCNC(=O)N1CCC(c2nc(C(=O)NC3CC(OC)CCC3C3CCCCC3)cs2)CC1. The van der Waals surface area contributed by atoms with Gasteiger partial charge in [0.2, 0.25) is 0 Å². The first-order chi connectivity index (χ1) is 17.1. The summed E-state index contributed by atoms with van der Waals surface area (Å²) in [6, 6.07) is 0.217. The van der Waals surface area contributed by atoms with Crippen molar-refractivity contribution in [2.45, 2.75) is 102 Å². The molecule has 3 unspecified atom stereocenters. The number of amides is 3. The molecule has 1 aliphatic heterocycles. The van der Waals surface area contributed by atoms with Gasteiger partial charge in [0.05, 0.1) is 11.1 Å². The van der Waals surface area contributed by atoms with E-state index in [4.69, 9.17) is 9.72 Å². The normalized spacial score (nSPS) is 26.5. The van der Waals surface area contributed by atoms with E-state index in [1.807, 2.05) is 10.3 Å². The molecule has 35 heavy (non-hydrogen) atoms. The van der Waals surface area contributed by atoms with Crippen LogP contribution in [0.2, 0.25) is 0 Å². The molecule has 3 fully saturated rings. The van der Waals surface area contributed by atoms with Crippen LogP contribution in [-0.2, 0) is 4.74 Å². The van der Waals surface area contributed by atoms with Crippen molar-refractivity contribution in [2.75, 3.05) is 26.7 Å². The number of carbonyl (C=O) groups is 2. The Morgan fingerprint density at radius 3 is 2.60 bits per heavy atom. The summed E-state index contributed by atoms with van der Waals surface area (Å²) in [6.45, 7) is 4.36. The van der Waals surface area contributed by atoms with Crippen molar-refractivity contribution in [3.8, 4) is 0 Å². The van der Waals surface area contributed by atoms with Gasteiger partial charge >= 0.3 is 6.03 Å². The van der Waals surface area contributed by atoms with Crippen LogP contribution in [0.25, 0.3) is 0 Å². The van der Waals surface area contributed by atoms with E-state index in [0.717, 1.165) is 75.5 Å². The zero-order valence-electron chi connectivity index (χ0n) is 21.6. The maximum Gasteiger partial charge on any atom is 0.317 e. The molecule has 0 spiro atoms. The lowest BCUT2D eigenvalue weighted by Gasteiger charge is -2.41. The molecule has 0 bridgehead atoms. The van der Waals surface area contributed by atoms with Gasteiger partial charge in [-0.05, 0) is 50.4 Å². The number of hydrogen-bond acceptors (Lipinski definition) is 5. The number of carbonyl (C=O) groups excluding carboxylic acids is 2. The second-order valence-corrected chi connectivity index (χ2v) is 11.6. The third-order valence-electron chi connectivity index (χ3n) is 8.45. The second-order valence-electron chi connectivity index (χ2n) is 10.7. The zero-order chi connectivity index (χ0) is 24.6. The fraction of sp³-hybridized carbons (Fsp3) is 0.815. The van der Waals surface area contributed by atoms with Crippen molar-refractivity contribution in [3.05, 3.63) is 16.1 Å². The molecule has 0 aromatic carbocycles. The van der Waals surface area contributed by atoms with Crippen molar-refractivity contribution in [1.29, 1.82) is 0 Å². The van der Waals surface area contributed by atoms with E-state index in [2.05, 4.69) is 17.6 Å². The number of unbranched alkanes of at least 4 members (excludes halogenated alkanes) is 1. The average Bonchev–Trinajstić information content (AvgIpc) is 3.40. The third kappa shape index (κ3) is 6.97. The highest BCUT2D eigenvalue weighted by atomic mass is 32.1. The van der Waals surface area contributed by atoms with Gasteiger partial charge in [-0.2, -0.15) is 0 Å². The molecule has 196 valence electrons. The van der Waals surface area contributed by atoms with Crippen LogP contribution in [0.15, 0.2) is 5.38 Å². The number of likely N-dealkylation sites (tertiary alicyclic amines) is 1. The fourth-order valence-electron chi connectivity index (χ4n) is 6.30. The molecule has 2 N–H and O–H groups in total. The monoisotopic (exact) mass is 504 g/mol. The van der Waals surface area contributed by atoms with Crippen LogP contribution < -0.4 is 10.6 Å².